The number of ketones is 1. The Kier molecular flexibility index (Phi) is 7.20. The Balaban J connectivity index is 1.83. The van der Waals surface area contributed by atoms with Gasteiger partial charge in [0.05, 0.1) is 5.56 Å². The van der Waals surface area contributed by atoms with Crippen LogP contribution in [0.15, 0.2) is 88.0 Å². The number of carbonyl (C=O) groups is 1. The summed E-state index contributed by atoms with van der Waals surface area (Å²) in [6, 6.07) is 11.4. The van der Waals surface area contributed by atoms with Gasteiger partial charge in [0.25, 0.3) is 0 Å². The highest BCUT2D eigenvalue weighted by Gasteiger charge is 2.43. The molecule has 36 heavy (non-hydrogen) atoms. The van der Waals surface area contributed by atoms with E-state index in [-0.39, 0.29) is 44.2 Å². The molecule has 0 amide bonds. The third-order valence-corrected chi connectivity index (χ3v) is 8.31. The maximum atomic E-state index is 13.9. The zero-order chi connectivity index (χ0) is 26.4. The van der Waals surface area contributed by atoms with Gasteiger partial charge in [0.1, 0.15) is 22.5 Å². The molecule has 0 radical (unpaired) electrons. The predicted molar refractivity (Wildman–Crippen MR) is 145 cm³/mol. The highest BCUT2D eigenvalue weighted by molar-refractivity contribution is 9.12. The Labute approximate surface area is 226 Å². The Hall–Kier alpha value is -2.50. The normalized spacial score (nSPS) is 21.7. The summed E-state index contributed by atoms with van der Waals surface area (Å²) >= 11 is 6.55. The van der Waals surface area contributed by atoms with Gasteiger partial charge in [-0.2, -0.15) is 0 Å². The second-order valence-electron chi connectivity index (χ2n) is 8.73. The Morgan fingerprint density at radius 3 is 2.56 bits per heavy atom. The molecule has 2 aliphatic carbocycles. The van der Waals surface area contributed by atoms with E-state index in [2.05, 4.69) is 31.9 Å². The number of para-hydroxylation sites is 1. The second-order valence-corrected chi connectivity index (χ2v) is 12.5. The number of allylic oxidation sites excluding steroid dienone is 4. The molecule has 2 aliphatic rings. The van der Waals surface area contributed by atoms with Gasteiger partial charge in [-0.3, -0.25) is 4.79 Å². The second kappa shape index (κ2) is 9.75. The molecule has 2 atom stereocenters. The number of alkyl halides is 1. The topological polar surface area (TPSA) is 127 Å². The predicted octanol–water partition coefficient (Wildman–Crippen LogP) is 5.32. The Morgan fingerprint density at radius 2 is 1.89 bits per heavy atom. The molecule has 2 unspecified atom stereocenters. The zero-order valence-corrected chi connectivity index (χ0v) is 23.3. The molecule has 0 aliphatic heterocycles. The first-order chi connectivity index (χ1) is 16.8. The van der Waals surface area contributed by atoms with E-state index in [0.717, 1.165) is 0 Å². The molecular weight excluding hydrogens is 614 g/mol. The SMILES string of the molecule is CC(C)c1cc(Oc2ccccc2C(=O)C2=C3C(=CC=CC3(O)Br)C(S(N)(=O)=O)C=C2Br)ccc1O. The molecule has 0 aromatic heterocycles. The van der Waals surface area contributed by atoms with Crippen molar-refractivity contribution in [3.8, 4) is 17.2 Å². The monoisotopic (exact) mass is 635 g/mol. The smallest absolute Gasteiger partial charge is 0.219 e. The Morgan fingerprint density at radius 1 is 1.19 bits per heavy atom. The van der Waals surface area contributed by atoms with Crippen molar-refractivity contribution >= 4 is 47.7 Å². The molecular formula is C26H23Br2NO6S. The zero-order valence-electron chi connectivity index (χ0n) is 19.3. The van der Waals surface area contributed by atoms with E-state index in [0.29, 0.717) is 11.3 Å². The third-order valence-electron chi connectivity index (χ3n) is 5.89. The molecule has 0 saturated heterocycles. The van der Waals surface area contributed by atoms with Crippen molar-refractivity contribution < 1.29 is 28.2 Å². The third kappa shape index (κ3) is 5.01. The van der Waals surface area contributed by atoms with Gasteiger partial charge in [-0.15, -0.1) is 0 Å². The molecule has 0 bridgehead atoms. The molecule has 7 nitrogen and oxygen atoms in total. The number of halogens is 2. The lowest BCUT2D eigenvalue weighted by Crippen LogP contribution is -2.38. The van der Waals surface area contributed by atoms with Gasteiger partial charge in [-0.1, -0.05) is 54.1 Å². The first kappa shape index (κ1) is 26.6. The van der Waals surface area contributed by atoms with E-state index in [1.165, 1.54) is 30.4 Å². The average Bonchev–Trinajstić information content (AvgIpc) is 2.79. The number of fused-ring (bicyclic) bond motifs is 1. The number of rotatable bonds is 6. The van der Waals surface area contributed by atoms with Gasteiger partial charge in [0.2, 0.25) is 10.0 Å². The van der Waals surface area contributed by atoms with Crippen LogP contribution in [0, 0.1) is 0 Å². The summed E-state index contributed by atoms with van der Waals surface area (Å²) in [6.45, 7) is 3.88. The largest absolute Gasteiger partial charge is 0.508 e. The van der Waals surface area contributed by atoms with Crippen molar-refractivity contribution in [2.45, 2.75) is 29.5 Å². The van der Waals surface area contributed by atoms with Gasteiger partial charge in [-0.05, 0) is 69.9 Å². The number of carbonyl (C=O) groups excluding carboxylic acids is 1. The van der Waals surface area contributed by atoms with Crippen LogP contribution in [0.5, 0.6) is 17.2 Å². The number of sulfonamides is 1. The molecule has 0 heterocycles. The first-order valence-corrected chi connectivity index (χ1v) is 14.1. The Bertz CT molecular complexity index is 1490. The highest BCUT2D eigenvalue weighted by Crippen LogP contribution is 2.47. The van der Waals surface area contributed by atoms with Crippen LogP contribution < -0.4 is 9.88 Å². The number of phenols is 1. The summed E-state index contributed by atoms with van der Waals surface area (Å²) in [5, 5.41) is 25.4. The van der Waals surface area contributed by atoms with Crippen molar-refractivity contribution in [1.29, 1.82) is 0 Å². The number of benzene rings is 2. The average molecular weight is 637 g/mol. The number of hydrogen-bond acceptors (Lipinski definition) is 6. The standard InChI is InChI=1S/C26H23Br2NO6S/c1-14(2)18-12-15(9-10-20(18)30)35-21-8-4-3-6-16(21)25(31)23-19(27)13-22(36(29,33)34)17-7-5-11-26(28,32)24(17)23/h3-14,22,30,32H,1-2H3,(H2,29,33,34). The molecule has 10 heteroatoms. The molecule has 4 rings (SSSR count). The van der Waals surface area contributed by atoms with E-state index in [1.807, 2.05) is 13.8 Å². The summed E-state index contributed by atoms with van der Waals surface area (Å²) in [4.78, 5) is 13.9. The van der Waals surface area contributed by atoms with Gasteiger partial charge in [-0.25, -0.2) is 13.6 Å². The molecule has 0 spiro atoms. The minimum absolute atomic E-state index is 0.0497. The number of aliphatic hydroxyl groups is 1. The summed E-state index contributed by atoms with van der Waals surface area (Å²) < 4.78 is 29.0. The number of ether oxygens (including phenoxy) is 1. The number of nitrogens with two attached hydrogens (primary N) is 1. The maximum Gasteiger partial charge on any atom is 0.219 e. The van der Waals surface area contributed by atoms with Gasteiger partial charge < -0.3 is 14.9 Å². The van der Waals surface area contributed by atoms with Gasteiger partial charge in [0, 0.05) is 21.2 Å². The quantitative estimate of drug-likeness (QED) is 0.291. The van der Waals surface area contributed by atoms with Crippen LogP contribution in [0.3, 0.4) is 0 Å². The van der Waals surface area contributed by atoms with Crippen LogP contribution in [-0.4, -0.2) is 34.2 Å². The van der Waals surface area contributed by atoms with Crippen molar-refractivity contribution in [3.05, 3.63) is 99.1 Å². The van der Waals surface area contributed by atoms with Crippen molar-refractivity contribution in [2.24, 2.45) is 5.14 Å². The fourth-order valence-corrected chi connectivity index (χ4v) is 6.46. The fourth-order valence-electron chi connectivity index (χ4n) is 4.19. The van der Waals surface area contributed by atoms with Crippen LogP contribution in [0.4, 0.5) is 0 Å². The summed E-state index contributed by atoms with van der Waals surface area (Å²) in [5.41, 5.74) is 1.21. The lowest BCUT2D eigenvalue weighted by atomic mass is 9.82. The van der Waals surface area contributed by atoms with Crippen LogP contribution >= 0.6 is 31.9 Å². The first-order valence-electron chi connectivity index (χ1n) is 10.9. The molecule has 2 aromatic rings. The van der Waals surface area contributed by atoms with Gasteiger partial charge >= 0.3 is 0 Å². The minimum atomic E-state index is -4.09. The number of aromatic hydroxyl groups is 1. The maximum absolute atomic E-state index is 13.9. The molecule has 0 saturated carbocycles. The van der Waals surface area contributed by atoms with Crippen molar-refractivity contribution in [3.63, 3.8) is 0 Å². The summed E-state index contributed by atoms with van der Waals surface area (Å²) in [6.07, 6.45) is 5.74. The van der Waals surface area contributed by atoms with Crippen LogP contribution in [0.25, 0.3) is 0 Å². The number of hydrogen-bond donors (Lipinski definition) is 3. The van der Waals surface area contributed by atoms with E-state index in [9.17, 15) is 23.4 Å². The van der Waals surface area contributed by atoms with E-state index >= 15 is 0 Å². The summed E-state index contributed by atoms with van der Waals surface area (Å²) in [7, 11) is -4.09. The molecule has 2 aromatic carbocycles. The van der Waals surface area contributed by atoms with Crippen LogP contribution in [0.1, 0.15) is 35.7 Å². The van der Waals surface area contributed by atoms with Crippen LogP contribution in [-0.2, 0) is 10.0 Å². The highest BCUT2D eigenvalue weighted by atomic mass is 79.9. The number of primary sulfonamides is 1. The number of phenolic OH excluding ortho intramolecular Hbond substituents is 1. The molecule has 188 valence electrons. The van der Waals surface area contributed by atoms with E-state index in [1.54, 1.807) is 36.4 Å². The van der Waals surface area contributed by atoms with Crippen LogP contribution in [0.2, 0.25) is 0 Å². The van der Waals surface area contributed by atoms with Crippen molar-refractivity contribution in [1.82, 2.24) is 0 Å². The van der Waals surface area contributed by atoms with E-state index in [4.69, 9.17) is 9.88 Å². The molecule has 0 fully saturated rings. The lowest BCUT2D eigenvalue weighted by molar-refractivity contribution is 0.103. The summed E-state index contributed by atoms with van der Waals surface area (Å²) in [5.74, 6) is 0.378. The number of Topliss-reactive ketones (excluding diaryl/α,β-unsaturated/α-hetero) is 1. The molecule has 4 N–H and O–H groups in total. The van der Waals surface area contributed by atoms with E-state index < -0.39 is 25.6 Å². The van der Waals surface area contributed by atoms with Crippen molar-refractivity contribution in [2.75, 3.05) is 0 Å². The lowest BCUT2D eigenvalue weighted by Gasteiger charge is -2.34. The fraction of sp³-hybridized carbons (Fsp3) is 0.192. The van der Waals surface area contributed by atoms with Gasteiger partial charge in [0.15, 0.2) is 10.3 Å². The minimum Gasteiger partial charge on any atom is -0.508 e.